The molecule has 0 aromatic carbocycles. The fourth-order valence-corrected chi connectivity index (χ4v) is 2.85. The van der Waals surface area contributed by atoms with E-state index in [4.69, 9.17) is 10.5 Å². The summed E-state index contributed by atoms with van der Waals surface area (Å²) in [5, 5.41) is 6.67. The Labute approximate surface area is 110 Å². The second kappa shape index (κ2) is 5.53. The summed E-state index contributed by atoms with van der Waals surface area (Å²) in [5.74, 6) is 0.0748. The van der Waals surface area contributed by atoms with Gasteiger partial charge in [-0.3, -0.25) is 4.79 Å². The molecule has 2 unspecified atom stereocenters. The molecule has 0 radical (unpaired) electrons. The number of nitrogens with one attached hydrogen (secondary N) is 2. The first-order chi connectivity index (χ1) is 8.61. The third-order valence-electron chi connectivity index (χ3n) is 2.99. The number of ether oxygens (including phenoxy) is 1. The first kappa shape index (κ1) is 13.1. The number of nitrogens with two attached hydrogens (primary N) is 1. The maximum Gasteiger partial charge on any atom is 0.257 e. The lowest BCUT2D eigenvalue weighted by Gasteiger charge is -2.28. The SMILES string of the molecule is CNC(=O)c1c(N)nsc1NC1CCOC(C)C1. The van der Waals surface area contributed by atoms with Crippen LogP contribution in [-0.2, 0) is 4.74 Å². The maximum absolute atomic E-state index is 11.7. The van der Waals surface area contributed by atoms with Crippen LogP contribution in [0.25, 0.3) is 0 Å². The molecule has 1 aliphatic heterocycles. The number of hydrogen-bond donors (Lipinski definition) is 3. The quantitative estimate of drug-likeness (QED) is 0.764. The van der Waals surface area contributed by atoms with E-state index in [0.717, 1.165) is 24.4 Å². The molecule has 100 valence electrons. The standard InChI is InChI=1S/C11H18N4O2S/c1-6-5-7(3-4-17-6)14-11-8(10(16)13-2)9(12)15-18-11/h6-7,14H,3-5H2,1-2H3,(H2,12,15)(H,13,16). The van der Waals surface area contributed by atoms with Crippen molar-refractivity contribution in [2.45, 2.75) is 31.9 Å². The van der Waals surface area contributed by atoms with Crippen molar-refractivity contribution in [3.05, 3.63) is 5.56 Å². The summed E-state index contributed by atoms with van der Waals surface area (Å²) in [6.07, 6.45) is 2.09. The molecular weight excluding hydrogens is 252 g/mol. The Bertz CT molecular complexity index is 435. The van der Waals surface area contributed by atoms with Gasteiger partial charge in [-0.15, -0.1) is 0 Å². The second-order valence-electron chi connectivity index (χ2n) is 4.40. The van der Waals surface area contributed by atoms with Gasteiger partial charge in [-0.05, 0) is 31.3 Å². The second-order valence-corrected chi connectivity index (χ2v) is 5.17. The van der Waals surface area contributed by atoms with Gasteiger partial charge in [-0.2, -0.15) is 4.37 Å². The zero-order valence-corrected chi connectivity index (χ0v) is 11.3. The largest absolute Gasteiger partial charge is 0.382 e. The van der Waals surface area contributed by atoms with E-state index in [-0.39, 0.29) is 17.8 Å². The van der Waals surface area contributed by atoms with Crippen LogP contribution in [0.5, 0.6) is 0 Å². The topological polar surface area (TPSA) is 89.3 Å². The summed E-state index contributed by atoms with van der Waals surface area (Å²) >= 11 is 1.23. The van der Waals surface area contributed by atoms with Crippen LogP contribution >= 0.6 is 11.5 Å². The lowest BCUT2D eigenvalue weighted by atomic mass is 10.0. The highest BCUT2D eigenvalue weighted by Gasteiger charge is 2.24. The van der Waals surface area contributed by atoms with Crippen LogP contribution in [-0.4, -0.2) is 36.1 Å². The van der Waals surface area contributed by atoms with E-state index in [2.05, 4.69) is 21.9 Å². The molecule has 1 aromatic heterocycles. The molecule has 0 aliphatic carbocycles. The highest BCUT2D eigenvalue weighted by atomic mass is 32.1. The molecule has 1 fully saturated rings. The first-order valence-electron chi connectivity index (χ1n) is 5.97. The van der Waals surface area contributed by atoms with Gasteiger partial charge in [-0.1, -0.05) is 0 Å². The van der Waals surface area contributed by atoms with E-state index in [1.807, 2.05) is 0 Å². The Balaban J connectivity index is 2.11. The number of nitrogen functional groups attached to an aromatic ring is 1. The zero-order chi connectivity index (χ0) is 13.1. The van der Waals surface area contributed by atoms with Gasteiger partial charge in [0.25, 0.3) is 5.91 Å². The summed E-state index contributed by atoms with van der Waals surface area (Å²) in [6, 6.07) is 0.303. The third-order valence-corrected chi connectivity index (χ3v) is 3.79. The van der Waals surface area contributed by atoms with Crippen molar-refractivity contribution in [1.82, 2.24) is 9.69 Å². The summed E-state index contributed by atoms with van der Waals surface area (Å²) in [7, 11) is 1.58. The number of carbonyl (C=O) groups is 1. The molecule has 1 aliphatic rings. The van der Waals surface area contributed by atoms with Gasteiger partial charge >= 0.3 is 0 Å². The number of amides is 1. The minimum Gasteiger partial charge on any atom is -0.382 e. The van der Waals surface area contributed by atoms with Crippen LogP contribution in [0.2, 0.25) is 0 Å². The van der Waals surface area contributed by atoms with Gasteiger partial charge in [0.1, 0.15) is 10.6 Å². The van der Waals surface area contributed by atoms with E-state index in [0.29, 0.717) is 11.6 Å². The van der Waals surface area contributed by atoms with Gasteiger partial charge < -0.3 is 21.1 Å². The average molecular weight is 270 g/mol. The lowest BCUT2D eigenvalue weighted by Crippen LogP contribution is -2.33. The molecule has 0 bridgehead atoms. The smallest absolute Gasteiger partial charge is 0.257 e. The van der Waals surface area contributed by atoms with Crippen LogP contribution < -0.4 is 16.4 Å². The normalized spacial score (nSPS) is 23.7. The Hall–Kier alpha value is -1.34. The Morgan fingerprint density at radius 2 is 2.39 bits per heavy atom. The van der Waals surface area contributed by atoms with Crippen LogP contribution in [0.1, 0.15) is 30.1 Å². The summed E-state index contributed by atoms with van der Waals surface area (Å²) in [4.78, 5) is 11.7. The van der Waals surface area contributed by atoms with Crippen molar-refractivity contribution in [1.29, 1.82) is 0 Å². The van der Waals surface area contributed by atoms with Gasteiger partial charge in [-0.25, -0.2) is 0 Å². The van der Waals surface area contributed by atoms with E-state index >= 15 is 0 Å². The van der Waals surface area contributed by atoms with Gasteiger partial charge in [0.2, 0.25) is 0 Å². The molecule has 6 nitrogen and oxygen atoms in total. The zero-order valence-electron chi connectivity index (χ0n) is 10.5. The first-order valence-corrected chi connectivity index (χ1v) is 6.74. The maximum atomic E-state index is 11.7. The summed E-state index contributed by atoms with van der Waals surface area (Å²) < 4.78 is 9.53. The van der Waals surface area contributed by atoms with Crippen LogP contribution in [0, 0.1) is 0 Å². The van der Waals surface area contributed by atoms with Crippen molar-refractivity contribution < 1.29 is 9.53 Å². The van der Waals surface area contributed by atoms with Gasteiger partial charge in [0.05, 0.1) is 6.10 Å². The number of carbonyl (C=O) groups excluding carboxylic acids is 1. The molecular formula is C11H18N4O2S. The van der Waals surface area contributed by atoms with Gasteiger partial charge in [0.15, 0.2) is 5.82 Å². The monoisotopic (exact) mass is 270 g/mol. The lowest BCUT2D eigenvalue weighted by molar-refractivity contribution is 0.0233. The molecule has 0 spiro atoms. The molecule has 7 heteroatoms. The van der Waals surface area contributed by atoms with Gasteiger partial charge in [0, 0.05) is 19.7 Å². The summed E-state index contributed by atoms with van der Waals surface area (Å²) in [5.41, 5.74) is 6.17. The fraction of sp³-hybridized carbons (Fsp3) is 0.636. The molecule has 1 saturated heterocycles. The van der Waals surface area contributed by atoms with Crippen LogP contribution in [0.15, 0.2) is 0 Å². The predicted octanol–water partition coefficient (Wildman–Crippen LogP) is 1.06. The van der Waals surface area contributed by atoms with Crippen molar-refractivity contribution in [3.8, 4) is 0 Å². The number of hydrogen-bond acceptors (Lipinski definition) is 6. The predicted molar refractivity (Wildman–Crippen MR) is 72.0 cm³/mol. The Morgan fingerprint density at radius 3 is 3.06 bits per heavy atom. The molecule has 1 aromatic rings. The molecule has 2 atom stereocenters. The van der Waals surface area contributed by atoms with Crippen molar-refractivity contribution >= 4 is 28.3 Å². The molecule has 4 N–H and O–H groups in total. The number of aromatic nitrogens is 1. The van der Waals surface area contributed by atoms with E-state index < -0.39 is 0 Å². The van der Waals surface area contributed by atoms with Crippen molar-refractivity contribution in [3.63, 3.8) is 0 Å². The molecule has 1 amide bonds. The van der Waals surface area contributed by atoms with E-state index in [9.17, 15) is 4.79 Å². The Morgan fingerprint density at radius 1 is 1.61 bits per heavy atom. The van der Waals surface area contributed by atoms with Crippen LogP contribution in [0.3, 0.4) is 0 Å². The van der Waals surface area contributed by atoms with E-state index in [1.54, 1.807) is 7.05 Å². The molecule has 18 heavy (non-hydrogen) atoms. The average Bonchev–Trinajstić information content (AvgIpc) is 2.70. The molecule has 2 rings (SSSR count). The summed E-state index contributed by atoms with van der Waals surface area (Å²) in [6.45, 7) is 2.79. The Kier molecular flexibility index (Phi) is 4.03. The third kappa shape index (κ3) is 2.73. The minimum absolute atomic E-state index is 0.205. The van der Waals surface area contributed by atoms with Crippen molar-refractivity contribution in [2.75, 3.05) is 24.7 Å². The minimum atomic E-state index is -0.205. The highest BCUT2D eigenvalue weighted by molar-refractivity contribution is 7.11. The molecule has 0 saturated carbocycles. The number of anilines is 2. The van der Waals surface area contributed by atoms with E-state index in [1.165, 1.54) is 11.5 Å². The fourth-order valence-electron chi connectivity index (χ4n) is 2.06. The number of nitrogens with zero attached hydrogens (tertiary/aromatic N) is 1. The number of rotatable bonds is 3. The van der Waals surface area contributed by atoms with Crippen LogP contribution in [0.4, 0.5) is 10.8 Å². The molecule has 2 heterocycles. The van der Waals surface area contributed by atoms with Crippen molar-refractivity contribution in [2.24, 2.45) is 0 Å². The highest BCUT2D eigenvalue weighted by Crippen LogP contribution is 2.29.